The molecule has 4 heteroatoms. The van der Waals surface area contributed by atoms with Crippen LogP contribution in [0.4, 0.5) is 0 Å². The van der Waals surface area contributed by atoms with Crippen LogP contribution in [0.25, 0.3) is 0 Å². The fourth-order valence-corrected chi connectivity index (χ4v) is 1.49. The van der Waals surface area contributed by atoms with E-state index < -0.39 is 6.10 Å². The average Bonchev–Trinajstić information content (AvgIpc) is 2.16. The summed E-state index contributed by atoms with van der Waals surface area (Å²) in [4.78, 5) is 0. The predicted molar refractivity (Wildman–Crippen MR) is 72.4 cm³/mol. The van der Waals surface area contributed by atoms with Gasteiger partial charge in [-0.05, 0) is 17.9 Å². The van der Waals surface area contributed by atoms with Gasteiger partial charge in [0.2, 0.25) is 0 Å². The molecule has 3 nitrogen and oxygen atoms in total. The summed E-state index contributed by atoms with van der Waals surface area (Å²) in [6, 6.07) is 6.70. The van der Waals surface area contributed by atoms with Crippen molar-refractivity contribution in [1.29, 1.82) is 0 Å². The van der Waals surface area contributed by atoms with Crippen molar-refractivity contribution in [2.45, 2.75) is 39.3 Å². The maximum atomic E-state index is 10.00. The Bertz CT molecular complexity index is 350. The van der Waals surface area contributed by atoms with E-state index in [0.29, 0.717) is 12.0 Å². The van der Waals surface area contributed by atoms with Crippen molar-refractivity contribution in [2.75, 3.05) is 0 Å². The fraction of sp³-hybridized carbons (Fsp3) is 0.538. The standard InChI is InChI=1S/C13H21NO2.ClH/c1-13(2,3)12(14)8-11(16)9-6-4-5-7-10(9)15;/h4-7,11-12,15-16H,8,14H2,1-3H3;1H/t11-,12-;/m1./s1. The van der Waals surface area contributed by atoms with Crippen molar-refractivity contribution in [2.24, 2.45) is 11.1 Å². The number of nitrogens with two attached hydrogens (primary N) is 1. The first kappa shape index (κ1) is 16.2. The molecule has 0 aliphatic rings. The van der Waals surface area contributed by atoms with Gasteiger partial charge in [0.25, 0.3) is 0 Å². The number of benzene rings is 1. The molecule has 0 spiro atoms. The molecule has 0 heterocycles. The first-order valence-corrected chi connectivity index (χ1v) is 5.54. The van der Waals surface area contributed by atoms with Crippen LogP contribution in [0.3, 0.4) is 0 Å². The molecule has 0 fully saturated rings. The second kappa shape index (κ2) is 6.24. The van der Waals surface area contributed by atoms with E-state index in [-0.39, 0.29) is 29.6 Å². The number of para-hydroxylation sites is 1. The highest BCUT2D eigenvalue weighted by molar-refractivity contribution is 5.85. The first-order valence-electron chi connectivity index (χ1n) is 5.54. The van der Waals surface area contributed by atoms with Gasteiger partial charge >= 0.3 is 0 Å². The van der Waals surface area contributed by atoms with Crippen molar-refractivity contribution in [3.05, 3.63) is 29.8 Å². The fourth-order valence-electron chi connectivity index (χ4n) is 1.49. The number of phenols is 1. The number of aliphatic hydroxyl groups is 1. The largest absolute Gasteiger partial charge is 0.508 e. The molecule has 0 aliphatic heterocycles. The van der Waals surface area contributed by atoms with Crippen LogP contribution in [-0.4, -0.2) is 16.3 Å². The first-order chi connectivity index (χ1) is 7.32. The van der Waals surface area contributed by atoms with Crippen molar-refractivity contribution >= 4 is 12.4 Å². The zero-order valence-electron chi connectivity index (χ0n) is 10.6. The Balaban J connectivity index is 0.00000256. The van der Waals surface area contributed by atoms with Gasteiger partial charge in [0.15, 0.2) is 0 Å². The predicted octanol–water partition coefficient (Wildman–Crippen LogP) is 2.61. The van der Waals surface area contributed by atoms with Crippen molar-refractivity contribution in [3.8, 4) is 5.75 Å². The number of aromatic hydroxyl groups is 1. The lowest BCUT2D eigenvalue weighted by atomic mass is 9.83. The summed E-state index contributed by atoms with van der Waals surface area (Å²) in [5.74, 6) is 0.121. The second-order valence-electron chi connectivity index (χ2n) is 5.28. The summed E-state index contributed by atoms with van der Waals surface area (Å²) in [5.41, 5.74) is 6.49. The highest BCUT2D eigenvalue weighted by atomic mass is 35.5. The lowest BCUT2D eigenvalue weighted by molar-refractivity contribution is 0.131. The summed E-state index contributed by atoms with van der Waals surface area (Å²) in [6.07, 6.45) is -0.267. The van der Waals surface area contributed by atoms with Gasteiger partial charge in [-0.2, -0.15) is 0 Å². The molecule has 0 radical (unpaired) electrons. The van der Waals surface area contributed by atoms with Gasteiger partial charge in [0.1, 0.15) is 5.75 Å². The summed E-state index contributed by atoms with van der Waals surface area (Å²) in [5, 5.41) is 19.6. The molecule has 4 N–H and O–H groups in total. The molecule has 17 heavy (non-hydrogen) atoms. The molecular weight excluding hydrogens is 238 g/mol. The summed E-state index contributed by atoms with van der Waals surface area (Å²) < 4.78 is 0. The Morgan fingerprint density at radius 3 is 2.24 bits per heavy atom. The number of aliphatic hydroxyl groups excluding tert-OH is 1. The van der Waals surface area contributed by atoms with Gasteiger partial charge in [-0.3, -0.25) is 0 Å². The number of hydrogen-bond donors (Lipinski definition) is 3. The molecule has 0 aliphatic carbocycles. The minimum atomic E-state index is -0.713. The Morgan fingerprint density at radius 2 is 1.76 bits per heavy atom. The molecule has 0 saturated carbocycles. The lowest BCUT2D eigenvalue weighted by Gasteiger charge is -2.29. The molecule has 0 amide bonds. The summed E-state index contributed by atoms with van der Waals surface area (Å²) >= 11 is 0. The molecular formula is C13H22ClNO2. The molecule has 1 rings (SSSR count). The van der Waals surface area contributed by atoms with E-state index in [4.69, 9.17) is 5.73 Å². The van der Waals surface area contributed by atoms with Crippen LogP contribution in [0.2, 0.25) is 0 Å². The molecule has 1 aromatic carbocycles. The Kier molecular flexibility index (Phi) is 5.96. The summed E-state index contributed by atoms with van der Waals surface area (Å²) in [6.45, 7) is 6.11. The molecule has 0 unspecified atom stereocenters. The van der Waals surface area contributed by atoms with Crippen LogP contribution >= 0.6 is 12.4 Å². The normalized spacial score (nSPS) is 14.9. The number of rotatable bonds is 3. The third-order valence-corrected chi connectivity index (χ3v) is 2.89. The minimum absolute atomic E-state index is 0. The molecule has 0 aromatic heterocycles. The average molecular weight is 260 g/mol. The van der Waals surface area contributed by atoms with Gasteiger partial charge in [-0.15, -0.1) is 12.4 Å². The zero-order chi connectivity index (χ0) is 12.3. The van der Waals surface area contributed by atoms with E-state index in [2.05, 4.69) is 0 Å². The van der Waals surface area contributed by atoms with E-state index in [1.165, 1.54) is 0 Å². The number of hydrogen-bond acceptors (Lipinski definition) is 3. The van der Waals surface area contributed by atoms with Crippen molar-refractivity contribution in [3.63, 3.8) is 0 Å². The maximum Gasteiger partial charge on any atom is 0.121 e. The lowest BCUT2D eigenvalue weighted by Crippen LogP contribution is -2.36. The smallest absolute Gasteiger partial charge is 0.121 e. The van der Waals surface area contributed by atoms with Gasteiger partial charge in [-0.25, -0.2) is 0 Å². The second-order valence-corrected chi connectivity index (χ2v) is 5.28. The molecule has 0 saturated heterocycles. The summed E-state index contributed by atoms with van der Waals surface area (Å²) in [7, 11) is 0. The molecule has 0 bridgehead atoms. The van der Waals surface area contributed by atoms with Crippen LogP contribution in [0.1, 0.15) is 38.9 Å². The van der Waals surface area contributed by atoms with Gasteiger partial charge in [-0.1, -0.05) is 39.0 Å². The monoisotopic (exact) mass is 259 g/mol. The molecule has 98 valence electrons. The van der Waals surface area contributed by atoms with Crippen LogP contribution in [0.5, 0.6) is 5.75 Å². The molecule has 1 aromatic rings. The Labute approximate surface area is 109 Å². The highest BCUT2D eigenvalue weighted by Gasteiger charge is 2.24. The third kappa shape index (κ3) is 4.54. The third-order valence-electron chi connectivity index (χ3n) is 2.89. The van der Waals surface area contributed by atoms with Crippen LogP contribution in [0, 0.1) is 5.41 Å². The van der Waals surface area contributed by atoms with Crippen molar-refractivity contribution in [1.82, 2.24) is 0 Å². The Hall–Kier alpha value is -0.770. The van der Waals surface area contributed by atoms with Gasteiger partial charge in [0, 0.05) is 11.6 Å². The number of halogens is 1. The quantitative estimate of drug-likeness (QED) is 0.782. The Morgan fingerprint density at radius 1 is 1.24 bits per heavy atom. The highest BCUT2D eigenvalue weighted by Crippen LogP contribution is 2.30. The van der Waals surface area contributed by atoms with Crippen LogP contribution in [0.15, 0.2) is 24.3 Å². The zero-order valence-corrected chi connectivity index (χ0v) is 11.4. The van der Waals surface area contributed by atoms with E-state index in [0.717, 1.165) is 0 Å². The van der Waals surface area contributed by atoms with Gasteiger partial charge in [0.05, 0.1) is 6.10 Å². The molecule has 2 atom stereocenters. The van der Waals surface area contributed by atoms with E-state index in [9.17, 15) is 10.2 Å². The van der Waals surface area contributed by atoms with Crippen LogP contribution < -0.4 is 5.73 Å². The van der Waals surface area contributed by atoms with Gasteiger partial charge < -0.3 is 15.9 Å². The maximum absolute atomic E-state index is 10.00. The van der Waals surface area contributed by atoms with Crippen LogP contribution in [-0.2, 0) is 0 Å². The van der Waals surface area contributed by atoms with E-state index in [1.54, 1.807) is 24.3 Å². The topological polar surface area (TPSA) is 66.5 Å². The van der Waals surface area contributed by atoms with Crippen molar-refractivity contribution < 1.29 is 10.2 Å². The number of phenolic OH excluding ortho intramolecular Hbond substituents is 1. The SMILES string of the molecule is CC(C)(C)[C@H](N)C[C@@H](O)c1ccccc1O.Cl. The minimum Gasteiger partial charge on any atom is -0.508 e. The van der Waals surface area contributed by atoms with E-state index >= 15 is 0 Å². The van der Waals surface area contributed by atoms with E-state index in [1.807, 2.05) is 20.8 Å².